The molecule has 0 spiro atoms. The highest BCUT2D eigenvalue weighted by atomic mass is 16.7. The zero-order valence-corrected chi connectivity index (χ0v) is 6.52. The zero-order chi connectivity index (χ0) is 8.85. The van der Waals surface area contributed by atoms with Crippen LogP contribution < -0.4 is 6.15 Å². The predicted octanol–water partition coefficient (Wildman–Crippen LogP) is 0.926. The van der Waals surface area contributed by atoms with Crippen molar-refractivity contribution in [1.82, 2.24) is 6.15 Å². The van der Waals surface area contributed by atoms with Gasteiger partial charge < -0.3 is 25.8 Å². The molecule has 0 aliphatic heterocycles. The molecule has 72 valence electrons. The van der Waals surface area contributed by atoms with Gasteiger partial charge in [0.25, 0.3) is 0 Å². The van der Waals surface area contributed by atoms with Gasteiger partial charge in [-0.25, -0.2) is 9.59 Å². The number of carboxylic acid groups (broad SMARTS) is 2. The van der Waals surface area contributed by atoms with Crippen molar-refractivity contribution in [3.8, 4) is 0 Å². The molecule has 0 fully saturated rings. The predicted molar refractivity (Wildman–Crippen MR) is 37.6 cm³/mol. The van der Waals surface area contributed by atoms with E-state index >= 15 is 0 Å². The van der Waals surface area contributed by atoms with Crippen molar-refractivity contribution in [2.75, 3.05) is 6.61 Å². The maximum absolute atomic E-state index is 9.83. The average Bonchev–Trinajstić information content (AvgIpc) is 1.82. The molecular weight excluding hydrogens is 170 g/mol. The quantitative estimate of drug-likeness (QED) is 0.552. The smallest absolute Gasteiger partial charge is 0.450 e. The SMILES string of the molecule is CC(COC(=O)O)OC(=O)O.N. The fourth-order valence-corrected chi connectivity index (χ4v) is 0.395. The molecule has 0 aliphatic rings. The maximum atomic E-state index is 9.83. The molecule has 0 aromatic heterocycles. The molecule has 0 bridgehead atoms. The van der Waals surface area contributed by atoms with Gasteiger partial charge in [0.2, 0.25) is 0 Å². The summed E-state index contributed by atoms with van der Waals surface area (Å²) in [4.78, 5) is 19.6. The van der Waals surface area contributed by atoms with Crippen LogP contribution in [0.3, 0.4) is 0 Å². The largest absolute Gasteiger partial charge is 0.506 e. The normalized spacial score (nSPS) is 10.8. The van der Waals surface area contributed by atoms with E-state index in [0.717, 1.165) is 0 Å². The molecule has 1 atom stereocenters. The molecule has 0 saturated heterocycles. The number of hydrogen-bond donors (Lipinski definition) is 3. The Morgan fingerprint density at radius 1 is 1.33 bits per heavy atom. The Labute approximate surface area is 68.5 Å². The van der Waals surface area contributed by atoms with Gasteiger partial charge in [-0.15, -0.1) is 0 Å². The summed E-state index contributed by atoms with van der Waals surface area (Å²) in [7, 11) is 0. The zero-order valence-electron chi connectivity index (χ0n) is 6.52. The fourth-order valence-electron chi connectivity index (χ4n) is 0.395. The van der Waals surface area contributed by atoms with Crippen molar-refractivity contribution in [3.63, 3.8) is 0 Å². The van der Waals surface area contributed by atoms with Gasteiger partial charge in [0.1, 0.15) is 12.7 Å². The van der Waals surface area contributed by atoms with Gasteiger partial charge in [-0.1, -0.05) is 0 Å². The molecule has 0 aliphatic carbocycles. The van der Waals surface area contributed by atoms with E-state index in [1.807, 2.05) is 0 Å². The van der Waals surface area contributed by atoms with Crippen LogP contribution in [0.4, 0.5) is 9.59 Å². The van der Waals surface area contributed by atoms with E-state index in [4.69, 9.17) is 10.2 Å². The lowest BCUT2D eigenvalue weighted by Crippen LogP contribution is -2.20. The first-order chi connectivity index (χ1) is 5.02. The van der Waals surface area contributed by atoms with Crippen LogP contribution in [0.2, 0.25) is 0 Å². The van der Waals surface area contributed by atoms with Crippen LogP contribution in [-0.2, 0) is 9.47 Å². The van der Waals surface area contributed by atoms with Crippen LogP contribution in [0, 0.1) is 0 Å². The number of ether oxygens (including phenoxy) is 2. The summed E-state index contributed by atoms with van der Waals surface area (Å²) < 4.78 is 8.16. The van der Waals surface area contributed by atoms with Crippen molar-refractivity contribution in [1.29, 1.82) is 0 Å². The topological polar surface area (TPSA) is 128 Å². The fraction of sp³-hybridized carbons (Fsp3) is 0.600. The van der Waals surface area contributed by atoms with Crippen molar-refractivity contribution in [2.45, 2.75) is 13.0 Å². The lowest BCUT2D eigenvalue weighted by atomic mass is 10.4. The minimum atomic E-state index is -1.45. The molecule has 5 N–H and O–H groups in total. The highest BCUT2D eigenvalue weighted by molar-refractivity contribution is 5.58. The molecule has 12 heavy (non-hydrogen) atoms. The maximum Gasteiger partial charge on any atom is 0.506 e. The Balaban J connectivity index is 0. The Kier molecular flexibility index (Phi) is 6.80. The molecule has 0 rings (SSSR count). The van der Waals surface area contributed by atoms with Gasteiger partial charge in [0.15, 0.2) is 0 Å². The third-order valence-electron chi connectivity index (χ3n) is 0.744. The van der Waals surface area contributed by atoms with Crippen LogP contribution in [0.25, 0.3) is 0 Å². The number of rotatable bonds is 3. The lowest BCUT2D eigenvalue weighted by molar-refractivity contribution is 0.0122. The van der Waals surface area contributed by atoms with Crippen LogP contribution in [0.15, 0.2) is 0 Å². The molecule has 0 saturated carbocycles. The van der Waals surface area contributed by atoms with Gasteiger partial charge in [-0.05, 0) is 6.92 Å². The number of hydrogen-bond acceptors (Lipinski definition) is 5. The highest BCUT2D eigenvalue weighted by Crippen LogP contribution is 1.92. The molecule has 7 heteroatoms. The monoisotopic (exact) mass is 181 g/mol. The van der Waals surface area contributed by atoms with Gasteiger partial charge in [0.05, 0.1) is 0 Å². The third kappa shape index (κ3) is 8.50. The molecular formula is C5H11NO6. The van der Waals surface area contributed by atoms with Gasteiger partial charge in [0, 0.05) is 0 Å². The van der Waals surface area contributed by atoms with E-state index in [2.05, 4.69) is 9.47 Å². The van der Waals surface area contributed by atoms with E-state index in [9.17, 15) is 9.59 Å². The van der Waals surface area contributed by atoms with Gasteiger partial charge >= 0.3 is 12.3 Å². The van der Waals surface area contributed by atoms with Crippen molar-refractivity contribution < 1.29 is 29.3 Å². The second-order valence-corrected chi connectivity index (χ2v) is 1.77. The molecule has 0 heterocycles. The van der Waals surface area contributed by atoms with E-state index < -0.39 is 18.4 Å². The standard InChI is InChI=1S/C5H8O6.H3N/c1-3(11-5(8)9)2-10-4(6)7;/h3H,2H2,1H3,(H,6,7)(H,8,9);1H3. The number of carbonyl (C=O) groups is 2. The first-order valence-electron chi connectivity index (χ1n) is 2.77. The van der Waals surface area contributed by atoms with Crippen LogP contribution in [0.1, 0.15) is 6.92 Å². The van der Waals surface area contributed by atoms with Gasteiger partial charge in [-0.2, -0.15) is 0 Å². The Bertz CT molecular complexity index is 158. The van der Waals surface area contributed by atoms with E-state index in [-0.39, 0.29) is 12.8 Å². The van der Waals surface area contributed by atoms with Crippen LogP contribution in [-0.4, -0.2) is 35.2 Å². The molecule has 0 aromatic carbocycles. The molecule has 0 radical (unpaired) electrons. The average molecular weight is 181 g/mol. The summed E-state index contributed by atoms with van der Waals surface area (Å²) in [5.74, 6) is 0. The molecule has 0 aromatic rings. The lowest BCUT2D eigenvalue weighted by Gasteiger charge is -2.08. The van der Waals surface area contributed by atoms with Crippen LogP contribution in [0.5, 0.6) is 0 Å². The molecule has 7 nitrogen and oxygen atoms in total. The Morgan fingerprint density at radius 3 is 2.17 bits per heavy atom. The summed E-state index contributed by atoms with van der Waals surface area (Å²) in [6.07, 6.45) is -3.68. The van der Waals surface area contributed by atoms with E-state index in [0.29, 0.717) is 0 Å². The van der Waals surface area contributed by atoms with Crippen molar-refractivity contribution in [2.24, 2.45) is 0 Å². The second-order valence-electron chi connectivity index (χ2n) is 1.77. The highest BCUT2D eigenvalue weighted by Gasteiger charge is 2.09. The minimum Gasteiger partial charge on any atom is -0.450 e. The van der Waals surface area contributed by atoms with E-state index in [1.54, 1.807) is 0 Å². The summed E-state index contributed by atoms with van der Waals surface area (Å²) >= 11 is 0. The third-order valence-corrected chi connectivity index (χ3v) is 0.744. The summed E-state index contributed by atoms with van der Waals surface area (Å²) in [6, 6.07) is 0. The second kappa shape index (κ2) is 6.23. The molecule has 1 unspecified atom stereocenters. The van der Waals surface area contributed by atoms with E-state index in [1.165, 1.54) is 6.92 Å². The minimum absolute atomic E-state index is 0. The Morgan fingerprint density at radius 2 is 1.83 bits per heavy atom. The van der Waals surface area contributed by atoms with Crippen LogP contribution >= 0.6 is 0 Å². The summed E-state index contributed by atoms with van der Waals surface area (Å²) in [5, 5.41) is 16.0. The van der Waals surface area contributed by atoms with Crippen molar-refractivity contribution >= 4 is 12.3 Å². The first-order valence-corrected chi connectivity index (χ1v) is 2.77. The van der Waals surface area contributed by atoms with Crippen molar-refractivity contribution in [3.05, 3.63) is 0 Å². The Hall–Kier alpha value is -1.50. The summed E-state index contributed by atoms with van der Waals surface area (Å²) in [5.41, 5.74) is 0. The van der Waals surface area contributed by atoms with Gasteiger partial charge in [-0.3, -0.25) is 0 Å². The summed E-state index contributed by atoms with van der Waals surface area (Å²) in [6.45, 7) is 1.10. The first kappa shape index (κ1) is 13.1. The molecule has 0 amide bonds.